The quantitative estimate of drug-likeness (QED) is 0.422. The van der Waals surface area contributed by atoms with Gasteiger partial charge in [-0.25, -0.2) is 4.79 Å². The Morgan fingerprint density at radius 3 is 2.19 bits per heavy atom. The van der Waals surface area contributed by atoms with Crippen LogP contribution in [0.2, 0.25) is 0 Å². The summed E-state index contributed by atoms with van der Waals surface area (Å²) >= 11 is 0. The van der Waals surface area contributed by atoms with Crippen LogP contribution in [-0.2, 0) is 21.6 Å². The van der Waals surface area contributed by atoms with Gasteiger partial charge in [0.05, 0.1) is 0 Å². The van der Waals surface area contributed by atoms with Crippen LogP contribution in [0.25, 0.3) is 16.7 Å². The van der Waals surface area contributed by atoms with E-state index in [-0.39, 0.29) is 23.2 Å². The molecule has 0 aliphatic heterocycles. The Hall–Kier alpha value is -3.15. The van der Waals surface area contributed by atoms with Crippen molar-refractivity contribution in [2.45, 2.75) is 60.0 Å². The van der Waals surface area contributed by atoms with E-state index >= 15 is 0 Å². The lowest BCUT2D eigenvalue weighted by Crippen LogP contribution is -2.25. The van der Waals surface area contributed by atoms with Gasteiger partial charge in [0.2, 0.25) is 0 Å². The Labute approximate surface area is 183 Å². The van der Waals surface area contributed by atoms with Gasteiger partial charge in [-0.3, -0.25) is 0 Å². The molecule has 3 aromatic rings. The van der Waals surface area contributed by atoms with Gasteiger partial charge in [-0.05, 0) is 54.0 Å². The van der Waals surface area contributed by atoms with Gasteiger partial charge in [0.15, 0.2) is 0 Å². The number of hydrogen-bond acceptors (Lipinski definition) is 5. The van der Waals surface area contributed by atoms with Crippen LogP contribution in [0.15, 0.2) is 48.6 Å². The van der Waals surface area contributed by atoms with Gasteiger partial charge >= 0.3 is 5.97 Å². The van der Waals surface area contributed by atoms with Crippen molar-refractivity contribution in [1.29, 1.82) is 0 Å². The molecule has 0 radical (unpaired) electrons. The first-order chi connectivity index (χ1) is 14.4. The number of carbonyl (C=O) groups is 1. The van der Waals surface area contributed by atoms with E-state index in [2.05, 4.69) is 51.4 Å². The number of carbonyl (C=O) groups excluding carboxylic acids is 1. The van der Waals surface area contributed by atoms with E-state index in [9.17, 15) is 9.90 Å². The van der Waals surface area contributed by atoms with Crippen molar-refractivity contribution in [3.8, 4) is 11.4 Å². The summed E-state index contributed by atoms with van der Waals surface area (Å²) in [5.41, 5.74) is 3.66. The predicted octanol–water partition coefficient (Wildman–Crippen LogP) is 5.46. The third kappa shape index (κ3) is 5.13. The maximum absolute atomic E-state index is 11.9. The number of hydrogen-bond donors (Lipinski definition) is 1. The highest BCUT2D eigenvalue weighted by Gasteiger charge is 2.29. The van der Waals surface area contributed by atoms with Crippen molar-refractivity contribution in [3.63, 3.8) is 0 Å². The number of nitrogens with zero attached hydrogens (tertiary/aromatic N) is 3. The highest BCUT2D eigenvalue weighted by Crippen LogP contribution is 2.40. The molecule has 1 heterocycles. The molecule has 3 rings (SSSR count). The molecule has 6 heteroatoms. The van der Waals surface area contributed by atoms with Gasteiger partial charge in [-0.2, -0.15) is 0 Å². The van der Waals surface area contributed by atoms with Crippen LogP contribution in [0.1, 0.15) is 59.1 Å². The first kappa shape index (κ1) is 22.5. The first-order valence-electron chi connectivity index (χ1n) is 10.4. The molecule has 6 nitrogen and oxygen atoms in total. The lowest BCUT2D eigenvalue weighted by atomic mass is 9.72. The maximum Gasteiger partial charge on any atom is 0.333 e. The second-order valence-electron chi connectivity index (χ2n) is 9.96. The number of ether oxygens (including phenoxy) is 1. The van der Waals surface area contributed by atoms with Crippen LogP contribution in [0, 0.1) is 5.41 Å². The van der Waals surface area contributed by atoms with E-state index in [0.29, 0.717) is 16.8 Å². The topological polar surface area (TPSA) is 77.2 Å². The number of phenolic OH excluding ortho intramolecular Hbond substituents is 1. The second kappa shape index (κ2) is 8.17. The molecule has 0 bridgehead atoms. The Bertz CT molecular complexity index is 1100. The third-order valence-corrected chi connectivity index (χ3v) is 5.13. The predicted molar refractivity (Wildman–Crippen MR) is 122 cm³/mol. The number of benzene rings is 2. The molecule has 0 aliphatic carbocycles. The van der Waals surface area contributed by atoms with E-state index in [1.165, 1.54) is 4.80 Å². The van der Waals surface area contributed by atoms with Gasteiger partial charge in [0, 0.05) is 11.1 Å². The minimum Gasteiger partial charge on any atom is -0.505 e. The average molecular weight is 422 g/mol. The molecular formula is C25H31N3O3. The van der Waals surface area contributed by atoms with Crippen LogP contribution in [0.4, 0.5) is 0 Å². The minimum absolute atomic E-state index is 0.00914. The number of esters is 1. The average Bonchev–Trinajstić information content (AvgIpc) is 3.08. The molecule has 1 aromatic heterocycles. The Balaban J connectivity index is 2.13. The van der Waals surface area contributed by atoms with Crippen molar-refractivity contribution < 1.29 is 14.6 Å². The SMILES string of the molecule is C=C(C)C(=O)OCc1cc(C(C)(C)CC(C)(C)C)cc(-n2nc3ccccc3n2)c1O. The summed E-state index contributed by atoms with van der Waals surface area (Å²) in [4.78, 5) is 13.4. The zero-order valence-corrected chi connectivity index (χ0v) is 19.2. The summed E-state index contributed by atoms with van der Waals surface area (Å²) in [5.74, 6) is -0.506. The summed E-state index contributed by atoms with van der Waals surface area (Å²) in [6.45, 7) is 16.1. The van der Waals surface area contributed by atoms with Crippen molar-refractivity contribution >= 4 is 17.0 Å². The summed E-state index contributed by atoms with van der Waals surface area (Å²) in [6.07, 6.45) is 0.920. The van der Waals surface area contributed by atoms with Gasteiger partial charge in [0.25, 0.3) is 0 Å². The van der Waals surface area contributed by atoms with Gasteiger partial charge in [-0.1, -0.05) is 53.3 Å². The van der Waals surface area contributed by atoms with Crippen LogP contribution in [0.3, 0.4) is 0 Å². The molecule has 1 N–H and O–H groups in total. The van der Waals surface area contributed by atoms with Crippen molar-refractivity contribution in [2.75, 3.05) is 0 Å². The molecular weight excluding hydrogens is 390 g/mol. The van der Waals surface area contributed by atoms with Crippen LogP contribution < -0.4 is 0 Å². The Morgan fingerprint density at radius 1 is 1.10 bits per heavy atom. The zero-order chi connectivity index (χ0) is 23.0. The van der Waals surface area contributed by atoms with Gasteiger partial charge in [-0.15, -0.1) is 15.0 Å². The first-order valence-corrected chi connectivity index (χ1v) is 10.4. The molecule has 2 aromatic carbocycles. The molecule has 164 valence electrons. The number of phenols is 1. The molecule has 0 saturated carbocycles. The molecule has 0 spiro atoms. The monoisotopic (exact) mass is 421 g/mol. The molecule has 31 heavy (non-hydrogen) atoms. The fraction of sp³-hybridized carbons (Fsp3) is 0.400. The van der Waals surface area contributed by atoms with Crippen LogP contribution in [-0.4, -0.2) is 26.1 Å². The molecule has 0 aliphatic rings. The van der Waals surface area contributed by atoms with E-state index in [1.54, 1.807) is 6.92 Å². The summed E-state index contributed by atoms with van der Waals surface area (Å²) in [7, 11) is 0. The lowest BCUT2D eigenvalue weighted by molar-refractivity contribution is -0.140. The normalized spacial score (nSPS) is 12.2. The van der Waals surface area contributed by atoms with Crippen molar-refractivity contribution in [3.05, 3.63) is 59.7 Å². The summed E-state index contributed by atoms with van der Waals surface area (Å²) < 4.78 is 5.34. The van der Waals surface area contributed by atoms with E-state index in [4.69, 9.17) is 4.74 Å². The van der Waals surface area contributed by atoms with Crippen LogP contribution in [0.5, 0.6) is 5.75 Å². The number of rotatable bonds is 6. The maximum atomic E-state index is 11.9. The summed E-state index contributed by atoms with van der Waals surface area (Å²) in [6, 6.07) is 11.4. The Morgan fingerprint density at radius 2 is 1.68 bits per heavy atom. The van der Waals surface area contributed by atoms with Crippen LogP contribution >= 0.6 is 0 Å². The highest BCUT2D eigenvalue weighted by molar-refractivity contribution is 5.87. The number of fused-ring (bicyclic) bond motifs is 1. The lowest BCUT2D eigenvalue weighted by Gasteiger charge is -2.33. The largest absolute Gasteiger partial charge is 0.505 e. The standard InChI is InChI=1S/C25H31N3O3/c1-16(2)23(30)31-14-17-12-18(25(6,7)15-24(3,4)5)13-21(22(17)29)28-26-19-10-8-9-11-20(19)27-28/h8-13,29H,1,14-15H2,2-7H3. The molecule has 0 saturated heterocycles. The molecule has 0 fully saturated rings. The van der Waals surface area contributed by atoms with Crippen molar-refractivity contribution in [2.24, 2.45) is 5.41 Å². The number of aromatic hydroxyl groups is 1. The zero-order valence-electron chi connectivity index (χ0n) is 19.2. The molecule has 0 unspecified atom stereocenters. The van der Waals surface area contributed by atoms with E-state index < -0.39 is 5.97 Å². The number of aromatic nitrogens is 3. The summed E-state index contributed by atoms with van der Waals surface area (Å²) in [5, 5.41) is 20.1. The third-order valence-electron chi connectivity index (χ3n) is 5.13. The van der Waals surface area contributed by atoms with Gasteiger partial charge < -0.3 is 9.84 Å². The molecule has 0 atom stereocenters. The van der Waals surface area contributed by atoms with Gasteiger partial charge in [0.1, 0.15) is 29.1 Å². The fourth-order valence-electron chi connectivity index (χ4n) is 3.99. The van der Waals surface area contributed by atoms with Crippen molar-refractivity contribution in [1.82, 2.24) is 15.0 Å². The highest BCUT2D eigenvalue weighted by atomic mass is 16.5. The fourth-order valence-corrected chi connectivity index (χ4v) is 3.99. The van der Waals surface area contributed by atoms with E-state index in [0.717, 1.165) is 23.0 Å². The second-order valence-corrected chi connectivity index (χ2v) is 9.96. The minimum atomic E-state index is -0.497. The Kier molecular flexibility index (Phi) is 5.94. The molecule has 0 amide bonds. The smallest absolute Gasteiger partial charge is 0.333 e. The van der Waals surface area contributed by atoms with E-state index in [1.807, 2.05) is 36.4 Å².